The molecule has 0 aliphatic carbocycles. The van der Waals surface area contributed by atoms with Crippen LogP contribution in [0.1, 0.15) is 155 Å². The van der Waals surface area contributed by atoms with Crippen molar-refractivity contribution in [1.82, 2.24) is 0 Å². The largest absolute Gasteiger partial charge is 0.457 e. The second-order valence-corrected chi connectivity index (χ2v) is 18.0. The first-order valence-corrected chi connectivity index (χ1v) is 27.3. The van der Waals surface area contributed by atoms with E-state index in [9.17, 15) is 33.1 Å². The Kier molecular flexibility index (Phi) is 42.5. The van der Waals surface area contributed by atoms with Crippen LogP contribution < -0.4 is 0 Å². The van der Waals surface area contributed by atoms with Gasteiger partial charge < -0.3 is 34.3 Å². The molecule has 0 radical (unpaired) electrons. The van der Waals surface area contributed by atoms with Gasteiger partial charge in [-0.3, -0.25) is 9.35 Å². The number of unbranched alkanes of at least 4 members (excludes halogenated alkanes) is 8. The normalized spacial score (nSPS) is 20.2. The lowest BCUT2D eigenvalue weighted by Gasteiger charge is -2.41. The van der Waals surface area contributed by atoms with Gasteiger partial charge in [0.15, 0.2) is 6.29 Å². The highest BCUT2D eigenvalue weighted by atomic mass is 32.3. The standard InChI is InChI=1S/C57H90O12S/c1-3-5-7-9-11-13-15-17-19-21-23-24-25-26-27-29-31-33-35-37-39-41-43-45-47-65-49-51(50-66-57-55(61)56(69-70(62,63)64)54(60)52(48-58)68-57)67-53(59)46-44-42-40-38-36-34-32-30-28-22-20-18-16-14-12-10-8-6-4-2/h5-8,11-14,17-20,23-24,26-28,30-31,33,37,39,51-52,54-58,60-61H,3-4,9-10,15-16,21-22,25,29,32,34-36,38,40-50H2,1-2H3,(H,62,63,64)/b7-5-,8-6-,13-11-,14-12-,19-17-,20-18-,24-23-,27-26-,30-28-,33-31-,39-37-. The Morgan fingerprint density at radius 1 is 0.543 bits per heavy atom. The Morgan fingerprint density at radius 3 is 1.37 bits per heavy atom. The van der Waals surface area contributed by atoms with E-state index >= 15 is 0 Å². The van der Waals surface area contributed by atoms with Gasteiger partial charge >= 0.3 is 16.4 Å². The molecule has 1 heterocycles. The highest BCUT2D eigenvalue weighted by Crippen LogP contribution is 2.26. The monoisotopic (exact) mass is 999 g/mol. The molecule has 0 aromatic carbocycles. The van der Waals surface area contributed by atoms with E-state index in [1.165, 1.54) is 0 Å². The predicted octanol–water partition coefficient (Wildman–Crippen LogP) is 12.3. The van der Waals surface area contributed by atoms with Gasteiger partial charge in [0.1, 0.15) is 30.5 Å². The van der Waals surface area contributed by atoms with E-state index in [0.29, 0.717) is 13.0 Å². The number of esters is 1. The number of aliphatic hydroxyl groups is 3. The molecular formula is C57H90O12S. The highest BCUT2D eigenvalue weighted by Gasteiger charge is 2.48. The van der Waals surface area contributed by atoms with E-state index in [-0.39, 0.29) is 19.6 Å². The number of hydrogen-bond donors (Lipinski definition) is 4. The third-order valence-corrected chi connectivity index (χ3v) is 11.2. The van der Waals surface area contributed by atoms with Crippen molar-refractivity contribution in [3.63, 3.8) is 0 Å². The maximum Gasteiger partial charge on any atom is 0.397 e. The summed E-state index contributed by atoms with van der Waals surface area (Å²) in [5, 5.41) is 30.8. The van der Waals surface area contributed by atoms with Gasteiger partial charge in [0.05, 0.1) is 19.8 Å². The Labute approximate surface area is 423 Å². The van der Waals surface area contributed by atoms with Crippen LogP contribution in [0.2, 0.25) is 0 Å². The van der Waals surface area contributed by atoms with E-state index in [1.54, 1.807) is 0 Å². The summed E-state index contributed by atoms with van der Waals surface area (Å²) < 4.78 is 59.2. The summed E-state index contributed by atoms with van der Waals surface area (Å²) >= 11 is 0. The van der Waals surface area contributed by atoms with Crippen molar-refractivity contribution in [2.24, 2.45) is 0 Å². The summed E-state index contributed by atoms with van der Waals surface area (Å²) in [6, 6.07) is 0. The summed E-state index contributed by atoms with van der Waals surface area (Å²) in [7, 11) is -5.08. The number of hydrogen-bond acceptors (Lipinski definition) is 11. The van der Waals surface area contributed by atoms with Crippen LogP contribution in [0.4, 0.5) is 0 Å². The molecule has 1 fully saturated rings. The molecule has 6 atom stereocenters. The van der Waals surface area contributed by atoms with Gasteiger partial charge in [-0.15, -0.1) is 0 Å². The van der Waals surface area contributed by atoms with Gasteiger partial charge in [0.25, 0.3) is 0 Å². The van der Waals surface area contributed by atoms with E-state index in [4.69, 9.17) is 18.9 Å². The van der Waals surface area contributed by atoms with E-state index in [0.717, 1.165) is 128 Å². The topological polar surface area (TPSA) is 178 Å². The van der Waals surface area contributed by atoms with Gasteiger partial charge in [-0.05, 0) is 109 Å². The SMILES string of the molecule is CC/C=C\C/C=C\C/C=C\C/C=C\C/C=C\C/C=C\C/C=C\CCCCOCC(COC1OC(CO)C(O)C(OS(=O)(=O)O)C1O)OC(=O)CCCCCCCC/C=C\C/C=C\C/C=C\C/C=C\CC. The lowest BCUT2D eigenvalue weighted by molar-refractivity contribution is -0.301. The van der Waals surface area contributed by atoms with Crippen LogP contribution in [0, 0.1) is 0 Å². The van der Waals surface area contributed by atoms with Gasteiger partial charge in [0.2, 0.25) is 0 Å². The van der Waals surface area contributed by atoms with Gasteiger partial charge in [0, 0.05) is 13.0 Å². The van der Waals surface area contributed by atoms with Crippen LogP contribution in [0.5, 0.6) is 0 Å². The molecule has 0 bridgehead atoms. The average Bonchev–Trinajstić information content (AvgIpc) is 3.34. The molecule has 0 aromatic heterocycles. The van der Waals surface area contributed by atoms with Crippen molar-refractivity contribution in [1.29, 1.82) is 0 Å². The van der Waals surface area contributed by atoms with Crippen LogP contribution in [0.15, 0.2) is 134 Å². The highest BCUT2D eigenvalue weighted by molar-refractivity contribution is 7.80. The summed E-state index contributed by atoms with van der Waals surface area (Å²) in [4.78, 5) is 12.9. The molecular weight excluding hydrogens is 909 g/mol. The Morgan fingerprint density at radius 2 is 0.943 bits per heavy atom. The lowest BCUT2D eigenvalue weighted by atomic mass is 9.99. The third kappa shape index (κ3) is 38.9. The number of carbonyl (C=O) groups excluding carboxylic acids is 1. The predicted molar refractivity (Wildman–Crippen MR) is 284 cm³/mol. The molecule has 0 aromatic rings. The molecule has 1 aliphatic heterocycles. The molecule has 70 heavy (non-hydrogen) atoms. The van der Waals surface area contributed by atoms with Gasteiger partial charge in [-0.25, -0.2) is 4.18 Å². The van der Waals surface area contributed by atoms with Crippen molar-refractivity contribution in [2.75, 3.05) is 26.4 Å². The number of aliphatic hydroxyl groups excluding tert-OH is 3. The second kappa shape index (κ2) is 46.3. The molecule has 6 unspecified atom stereocenters. The summed E-state index contributed by atoms with van der Waals surface area (Å²) in [6.07, 6.45) is 59.1. The molecule has 1 aliphatic rings. The molecule has 1 saturated heterocycles. The molecule has 13 heteroatoms. The second-order valence-electron chi connectivity index (χ2n) is 17.0. The van der Waals surface area contributed by atoms with Crippen LogP contribution in [-0.4, -0.2) is 97.5 Å². The van der Waals surface area contributed by atoms with Crippen molar-refractivity contribution in [3.8, 4) is 0 Å². The quantitative estimate of drug-likeness (QED) is 0.0197. The average molecular weight is 999 g/mol. The molecule has 0 amide bonds. The van der Waals surface area contributed by atoms with Crippen molar-refractivity contribution in [2.45, 2.75) is 192 Å². The first kappa shape index (κ1) is 64.3. The van der Waals surface area contributed by atoms with E-state index in [2.05, 4.69) is 152 Å². The fraction of sp³-hybridized carbons (Fsp3) is 0.596. The van der Waals surface area contributed by atoms with Crippen LogP contribution >= 0.6 is 0 Å². The lowest BCUT2D eigenvalue weighted by Crippen LogP contribution is -2.60. The summed E-state index contributed by atoms with van der Waals surface area (Å²) in [6.45, 7) is 3.61. The van der Waals surface area contributed by atoms with Gasteiger partial charge in [-0.1, -0.05) is 173 Å². The van der Waals surface area contributed by atoms with Crippen LogP contribution in [0.3, 0.4) is 0 Å². The minimum atomic E-state index is -5.08. The molecule has 1 rings (SSSR count). The molecule has 12 nitrogen and oxygen atoms in total. The minimum Gasteiger partial charge on any atom is -0.457 e. The maximum absolute atomic E-state index is 12.9. The molecule has 0 spiro atoms. The maximum atomic E-state index is 12.9. The summed E-state index contributed by atoms with van der Waals surface area (Å²) in [5.41, 5.74) is 0. The zero-order valence-electron chi connectivity index (χ0n) is 42.5. The summed E-state index contributed by atoms with van der Waals surface area (Å²) in [5.74, 6) is -0.435. The number of allylic oxidation sites excluding steroid dienone is 22. The van der Waals surface area contributed by atoms with Crippen LogP contribution in [-0.2, 0) is 38.3 Å². The Balaban J connectivity index is 2.43. The smallest absolute Gasteiger partial charge is 0.397 e. The Bertz CT molecular complexity index is 1720. The first-order chi connectivity index (χ1) is 34.1. The molecule has 0 saturated carbocycles. The fourth-order valence-corrected chi connectivity index (χ4v) is 7.44. The zero-order valence-corrected chi connectivity index (χ0v) is 43.3. The van der Waals surface area contributed by atoms with Crippen LogP contribution in [0.25, 0.3) is 0 Å². The number of rotatable bonds is 43. The first-order valence-electron chi connectivity index (χ1n) is 25.9. The fourth-order valence-electron chi connectivity index (χ4n) is 6.94. The zero-order chi connectivity index (χ0) is 51.0. The molecule has 4 N–H and O–H groups in total. The van der Waals surface area contributed by atoms with E-state index < -0.39 is 59.8 Å². The Hall–Kier alpha value is -3.76. The van der Waals surface area contributed by atoms with Crippen molar-refractivity contribution >= 4 is 16.4 Å². The molecule has 396 valence electrons. The number of ether oxygens (including phenoxy) is 4. The van der Waals surface area contributed by atoms with Crippen molar-refractivity contribution < 1.29 is 56.2 Å². The third-order valence-electron chi connectivity index (χ3n) is 10.8. The number of carbonyl (C=O) groups is 1. The van der Waals surface area contributed by atoms with Gasteiger partial charge in [-0.2, -0.15) is 8.42 Å². The van der Waals surface area contributed by atoms with E-state index in [1.807, 2.05) is 0 Å². The minimum absolute atomic E-state index is 0.0106. The van der Waals surface area contributed by atoms with Crippen molar-refractivity contribution in [3.05, 3.63) is 134 Å².